The highest BCUT2D eigenvalue weighted by Crippen LogP contribution is 2.31. The molecule has 1 aromatic heterocycles. The average molecular weight is 256 g/mol. The Balaban J connectivity index is 2.92. The molecule has 1 heterocycles. The van der Waals surface area contributed by atoms with Gasteiger partial charge in [0.25, 0.3) is 0 Å². The van der Waals surface area contributed by atoms with Crippen LogP contribution in [0.1, 0.15) is 5.69 Å². The molecule has 0 aliphatic heterocycles. The van der Waals surface area contributed by atoms with Crippen molar-refractivity contribution in [3.05, 3.63) is 40.1 Å². The zero-order valence-electron chi connectivity index (χ0n) is 7.98. The predicted octanol–water partition coefficient (Wildman–Crippen LogP) is 2.64. The molecule has 0 aliphatic rings. The number of rotatable bonds is 1. The maximum Gasteiger partial charge on any atom is 0.189 e. The van der Waals surface area contributed by atoms with Crippen LogP contribution in [0.2, 0.25) is 10.0 Å². The molecule has 0 bridgehead atoms. The maximum absolute atomic E-state index is 8.65. The van der Waals surface area contributed by atoms with Crippen molar-refractivity contribution in [1.82, 2.24) is 4.98 Å². The van der Waals surface area contributed by atoms with E-state index in [2.05, 4.69) is 10.1 Å². The Morgan fingerprint density at radius 2 is 1.94 bits per heavy atom. The molecule has 4 nitrogen and oxygen atoms in total. The number of amidine groups is 1. The van der Waals surface area contributed by atoms with Gasteiger partial charge in [0.05, 0.1) is 5.02 Å². The summed E-state index contributed by atoms with van der Waals surface area (Å²) in [5, 5.41) is 13.8. The van der Waals surface area contributed by atoms with Gasteiger partial charge in [0, 0.05) is 22.0 Å². The molecule has 0 aliphatic carbocycles. The van der Waals surface area contributed by atoms with E-state index in [1.807, 2.05) is 0 Å². The molecule has 0 saturated heterocycles. The molecule has 2 rings (SSSR count). The van der Waals surface area contributed by atoms with Gasteiger partial charge in [-0.25, -0.2) is 0 Å². The van der Waals surface area contributed by atoms with E-state index in [-0.39, 0.29) is 5.84 Å². The third-order valence-corrected chi connectivity index (χ3v) is 2.82. The quantitative estimate of drug-likeness (QED) is 0.356. The molecule has 0 unspecified atom stereocenters. The van der Waals surface area contributed by atoms with Crippen LogP contribution in [0.3, 0.4) is 0 Å². The summed E-state index contributed by atoms with van der Waals surface area (Å²) >= 11 is 12.1. The highest BCUT2D eigenvalue weighted by atomic mass is 35.5. The van der Waals surface area contributed by atoms with Crippen LogP contribution in [0.15, 0.2) is 29.6 Å². The van der Waals surface area contributed by atoms with Gasteiger partial charge in [0.1, 0.15) is 5.69 Å². The number of nitrogens with zero attached hydrogens (tertiary/aromatic N) is 2. The Labute approximate surface area is 101 Å². The lowest BCUT2D eigenvalue weighted by Crippen LogP contribution is -2.15. The van der Waals surface area contributed by atoms with E-state index < -0.39 is 0 Å². The fraction of sp³-hybridized carbons (Fsp3) is 0. The smallest absolute Gasteiger partial charge is 0.189 e. The molecule has 0 saturated carbocycles. The van der Waals surface area contributed by atoms with Gasteiger partial charge in [-0.15, -0.1) is 0 Å². The maximum atomic E-state index is 8.65. The number of nitrogens with two attached hydrogens (primary N) is 1. The van der Waals surface area contributed by atoms with Gasteiger partial charge in [-0.3, -0.25) is 4.98 Å². The first-order valence-electron chi connectivity index (χ1n) is 4.35. The normalized spacial score (nSPS) is 12.0. The fourth-order valence-electron chi connectivity index (χ4n) is 1.46. The van der Waals surface area contributed by atoms with E-state index in [1.165, 1.54) is 6.20 Å². The largest absolute Gasteiger partial charge is 0.409 e. The third-order valence-electron chi connectivity index (χ3n) is 2.17. The number of halogens is 2. The second-order valence-electron chi connectivity index (χ2n) is 3.10. The van der Waals surface area contributed by atoms with Crippen molar-refractivity contribution in [3.63, 3.8) is 0 Å². The zero-order valence-corrected chi connectivity index (χ0v) is 9.50. The number of hydrogen-bond donors (Lipinski definition) is 2. The summed E-state index contributed by atoms with van der Waals surface area (Å²) < 4.78 is 0. The van der Waals surface area contributed by atoms with E-state index in [0.717, 1.165) is 0 Å². The Bertz CT molecular complexity index is 584. The first-order valence-corrected chi connectivity index (χ1v) is 5.11. The molecule has 1 aromatic carbocycles. The molecular weight excluding hydrogens is 249 g/mol. The van der Waals surface area contributed by atoms with E-state index in [0.29, 0.717) is 26.5 Å². The van der Waals surface area contributed by atoms with Crippen LogP contribution < -0.4 is 5.73 Å². The van der Waals surface area contributed by atoms with Crippen LogP contribution in [0.4, 0.5) is 0 Å². The summed E-state index contributed by atoms with van der Waals surface area (Å²) in [6.45, 7) is 0. The molecule has 0 amide bonds. The molecule has 2 aromatic rings. The first kappa shape index (κ1) is 11.0. The summed E-state index contributed by atoms with van der Waals surface area (Å²) in [5.41, 5.74) is 5.83. The van der Waals surface area contributed by atoms with Gasteiger partial charge in [0.15, 0.2) is 5.84 Å². The van der Waals surface area contributed by atoms with E-state index in [9.17, 15) is 0 Å². The number of hydrogen-bond acceptors (Lipinski definition) is 3. The summed E-state index contributed by atoms with van der Waals surface area (Å²) in [4.78, 5) is 4.02. The Morgan fingerprint density at radius 3 is 2.62 bits per heavy atom. The van der Waals surface area contributed by atoms with Crippen LogP contribution in [-0.2, 0) is 0 Å². The van der Waals surface area contributed by atoms with Crippen molar-refractivity contribution in [2.45, 2.75) is 0 Å². The van der Waals surface area contributed by atoms with Crippen LogP contribution in [0.5, 0.6) is 0 Å². The lowest BCUT2D eigenvalue weighted by molar-refractivity contribution is 0.318. The van der Waals surface area contributed by atoms with Crippen molar-refractivity contribution in [2.75, 3.05) is 0 Å². The lowest BCUT2D eigenvalue weighted by Gasteiger charge is -2.06. The number of benzene rings is 1. The van der Waals surface area contributed by atoms with E-state index >= 15 is 0 Å². The van der Waals surface area contributed by atoms with Crippen LogP contribution in [-0.4, -0.2) is 16.0 Å². The minimum absolute atomic E-state index is 0.102. The Hall–Kier alpha value is -1.52. The van der Waals surface area contributed by atoms with Crippen LogP contribution >= 0.6 is 23.2 Å². The topological polar surface area (TPSA) is 71.5 Å². The number of oxime groups is 1. The van der Waals surface area contributed by atoms with Crippen molar-refractivity contribution < 1.29 is 5.21 Å². The third kappa shape index (κ3) is 1.66. The molecule has 3 N–H and O–H groups in total. The standard InChI is InChI=1S/C10H7Cl2N3O/c11-6-1-2-7(12)8-5(6)3-4-14-9(8)10(13)15-16/h1-4,16H,(H2,13,15). The molecular formula is C10H7Cl2N3O. The summed E-state index contributed by atoms with van der Waals surface area (Å²) in [6, 6.07) is 5.04. The Morgan fingerprint density at radius 1 is 1.25 bits per heavy atom. The van der Waals surface area contributed by atoms with E-state index in [4.69, 9.17) is 34.1 Å². The second kappa shape index (κ2) is 4.15. The fourth-order valence-corrected chi connectivity index (χ4v) is 1.94. The van der Waals surface area contributed by atoms with Gasteiger partial charge in [-0.05, 0) is 18.2 Å². The number of fused-ring (bicyclic) bond motifs is 1. The lowest BCUT2D eigenvalue weighted by atomic mass is 10.1. The SMILES string of the molecule is NC(=NO)c1nccc2c(Cl)ccc(Cl)c12. The van der Waals surface area contributed by atoms with Crippen LogP contribution in [0, 0.1) is 0 Å². The molecule has 0 fully saturated rings. The highest BCUT2D eigenvalue weighted by Gasteiger charge is 2.12. The van der Waals surface area contributed by atoms with Gasteiger partial charge >= 0.3 is 0 Å². The molecule has 0 radical (unpaired) electrons. The minimum atomic E-state index is -0.102. The van der Waals surface area contributed by atoms with Gasteiger partial charge < -0.3 is 10.9 Å². The van der Waals surface area contributed by atoms with Crippen molar-refractivity contribution >= 4 is 39.8 Å². The van der Waals surface area contributed by atoms with Gasteiger partial charge in [0.2, 0.25) is 0 Å². The average Bonchev–Trinajstić information content (AvgIpc) is 2.32. The molecule has 0 spiro atoms. The predicted molar refractivity (Wildman–Crippen MR) is 64.3 cm³/mol. The Kier molecular flexibility index (Phi) is 2.85. The molecule has 82 valence electrons. The van der Waals surface area contributed by atoms with Crippen LogP contribution in [0.25, 0.3) is 10.8 Å². The molecule has 0 atom stereocenters. The van der Waals surface area contributed by atoms with Gasteiger partial charge in [-0.1, -0.05) is 28.4 Å². The van der Waals surface area contributed by atoms with Crippen molar-refractivity contribution in [2.24, 2.45) is 10.9 Å². The number of aromatic nitrogens is 1. The van der Waals surface area contributed by atoms with E-state index in [1.54, 1.807) is 18.2 Å². The summed E-state index contributed by atoms with van der Waals surface area (Å²) in [7, 11) is 0. The summed E-state index contributed by atoms with van der Waals surface area (Å²) in [5.74, 6) is -0.102. The zero-order chi connectivity index (χ0) is 11.7. The minimum Gasteiger partial charge on any atom is -0.409 e. The molecule has 16 heavy (non-hydrogen) atoms. The van der Waals surface area contributed by atoms with Gasteiger partial charge in [-0.2, -0.15) is 0 Å². The second-order valence-corrected chi connectivity index (χ2v) is 3.91. The molecule has 6 heteroatoms. The first-order chi connectivity index (χ1) is 7.65. The summed E-state index contributed by atoms with van der Waals surface area (Å²) in [6.07, 6.45) is 1.53. The monoisotopic (exact) mass is 255 g/mol. The number of pyridine rings is 1. The van der Waals surface area contributed by atoms with Crippen molar-refractivity contribution in [3.8, 4) is 0 Å². The highest BCUT2D eigenvalue weighted by molar-refractivity contribution is 6.41. The van der Waals surface area contributed by atoms with Crippen molar-refractivity contribution in [1.29, 1.82) is 0 Å².